The fourth-order valence-electron chi connectivity index (χ4n) is 2.56. The fraction of sp³-hybridized carbons (Fsp3) is 0.923. The Bertz CT molecular complexity index is 282. The fourth-order valence-corrected chi connectivity index (χ4v) is 2.56. The van der Waals surface area contributed by atoms with Crippen LogP contribution in [0.4, 0.5) is 0 Å². The SMILES string of the molecule is CN(C(=O)CNCC1(N(C)C)CCC1)C1CC1. The second kappa shape index (κ2) is 4.94. The monoisotopic (exact) mass is 239 g/mol. The van der Waals surface area contributed by atoms with E-state index in [9.17, 15) is 4.79 Å². The van der Waals surface area contributed by atoms with Crippen molar-refractivity contribution in [3.05, 3.63) is 0 Å². The molecule has 0 spiro atoms. The second-order valence-corrected chi connectivity index (χ2v) is 5.81. The number of rotatable bonds is 6. The highest BCUT2D eigenvalue weighted by molar-refractivity contribution is 5.78. The predicted molar refractivity (Wildman–Crippen MR) is 68.9 cm³/mol. The molecule has 0 radical (unpaired) electrons. The van der Waals surface area contributed by atoms with Crippen LogP contribution in [-0.4, -0.2) is 61.5 Å². The van der Waals surface area contributed by atoms with Gasteiger partial charge in [0.25, 0.3) is 0 Å². The van der Waals surface area contributed by atoms with Crippen LogP contribution in [0, 0.1) is 0 Å². The number of likely N-dealkylation sites (N-methyl/N-ethyl adjacent to an activating group) is 2. The van der Waals surface area contributed by atoms with Crippen molar-refractivity contribution >= 4 is 5.91 Å². The first kappa shape index (κ1) is 12.8. The molecule has 0 atom stereocenters. The van der Waals surface area contributed by atoms with Crippen molar-refractivity contribution < 1.29 is 4.79 Å². The van der Waals surface area contributed by atoms with Gasteiger partial charge < -0.3 is 15.1 Å². The zero-order chi connectivity index (χ0) is 12.5. The van der Waals surface area contributed by atoms with Gasteiger partial charge in [-0.05, 0) is 46.2 Å². The maximum Gasteiger partial charge on any atom is 0.236 e. The predicted octanol–water partition coefficient (Wildman–Crippen LogP) is 0.681. The second-order valence-electron chi connectivity index (χ2n) is 5.81. The van der Waals surface area contributed by atoms with Crippen LogP contribution in [0.25, 0.3) is 0 Å². The molecule has 17 heavy (non-hydrogen) atoms. The van der Waals surface area contributed by atoms with Crippen LogP contribution in [0.3, 0.4) is 0 Å². The Balaban J connectivity index is 1.69. The molecule has 4 heteroatoms. The summed E-state index contributed by atoms with van der Waals surface area (Å²) in [6, 6.07) is 0.524. The van der Waals surface area contributed by atoms with Crippen molar-refractivity contribution in [1.82, 2.24) is 15.1 Å². The van der Waals surface area contributed by atoms with Crippen LogP contribution in [0.5, 0.6) is 0 Å². The van der Waals surface area contributed by atoms with Gasteiger partial charge in [0.05, 0.1) is 6.54 Å². The van der Waals surface area contributed by atoms with Crippen molar-refractivity contribution in [2.24, 2.45) is 0 Å². The molecular formula is C13H25N3O. The van der Waals surface area contributed by atoms with E-state index in [1.54, 1.807) is 0 Å². The first-order valence-corrected chi connectivity index (χ1v) is 6.69. The molecular weight excluding hydrogens is 214 g/mol. The number of nitrogens with zero attached hydrogens (tertiary/aromatic N) is 2. The number of nitrogens with one attached hydrogen (secondary N) is 1. The zero-order valence-corrected chi connectivity index (χ0v) is 11.3. The summed E-state index contributed by atoms with van der Waals surface area (Å²) in [4.78, 5) is 16.0. The van der Waals surface area contributed by atoms with Crippen LogP contribution in [0.1, 0.15) is 32.1 Å². The van der Waals surface area contributed by atoms with Gasteiger partial charge >= 0.3 is 0 Å². The van der Waals surface area contributed by atoms with Gasteiger partial charge in [-0.3, -0.25) is 4.79 Å². The third kappa shape index (κ3) is 2.80. The molecule has 4 nitrogen and oxygen atoms in total. The minimum atomic E-state index is 0.237. The minimum Gasteiger partial charge on any atom is -0.342 e. The largest absolute Gasteiger partial charge is 0.342 e. The van der Waals surface area contributed by atoms with Gasteiger partial charge in [-0.1, -0.05) is 0 Å². The molecule has 2 saturated carbocycles. The van der Waals surface area contributed by atoms with Gasteiger partial charge in [0.1, 0.15) is 0 Å². The Morgan fingerprint density at radius 3 is 2.35 bits per heavy atom. The van der Waals surface area contributed by atoms with E-state index in [1.165, 1.54) is 32.1 Å². The molecule has 0 heterocycles. The van der Waals surface area contributed by atoms with Crippen molar-refractivity contribution in [2.45, 2.75) is 43.7 Å². The van der Waals surface area contributed by atoms with E-state index in [4.69, 9.17) is 0 Å². The number of hydrogen-bond donors (Lipinski definition) is 1. The van der Waals surface area contributed by atoms with Crippen LogP contribution in [0.2, 0.25) is 0 Å². The smallest absolute Gasteiger partial charge is 0.236 e. The molecule has 0 aromatic heterocycles. The minimum absolute atomic E-state index is 0.237. The molecule has 0 aromatic carbocycles. The van der Waals surface area contributed by atoms with E-state index >= 15 is 0 Å². The zero-order valence-electron chi connectivity index (χ0n) is 11.3. The quantitative estimate of drug-likeness (QED) is 0.740. The molecule has 0 bridgehead atoms. The Hall–Kier alpha value is -0.610. The number of carbonyl (C=O) groups excluding carboxylic acids is 1. The first-order chi connectivity index (χ1) is 8.05. The molecule has 2 aliphatic rings. The lowest BCUT2D eigenvalue weighted by molar-refractivity contribution is -0.129. The lowest BCUT2D eigenvalue weighted by Crippen LogP contribution is -2.57. The van der Waals surface area contributed by atoms with Crippen molar-refractivity contribution in [1.29, 1.82) is 0 Å². The van der Waals surface area contributed by atoms with Gasteiger partial charge in [0, 0.05) is 25.2 Å². The van der Waals surface area contributed by atoms with Gasteiger partial charge in [-0.15, -0.1) is 0 Å². The summed E-state index contributed by atoms with van der Waals surface area (Å²) in [7, 11) is 6.20. The average molecular weight is 239 g/mol. The van der Waals surface area contributed by atoms with Crippen LogP contribution < -0.4 is 5.32 Å². The lowest BCUT2D eigenvalue weighted by Gasteiger charge is -2.47. The van der Waals surface area contributed by atoms with Crippen molar-refractivity contribution in [3.8, 4) is 0 Å². The van der Waals surface area contributed by atoms with E-state index < -0.39 is 0 Å². The number of carbonyl (C=O) groups is 1. The molecule has 2 fully saturated rings. The maximum absolute atomic E-state index is 11.8. The summed E-state index contributed by atoms with van der Waals surface area (Å²) < 4.78 is 0. The Morgan fingerprint density at radius 2 is 1.94 bits per heavy atom. The Kier molecular flexibility index (Phi) is 3.73. The highest BCUT2D eigenvalue weighted by Crippen LogP contribution is 2.35. The molecule has 1 amide bonds. The molecule has 2 aliphatic carbocycles. The maximum atomic E-state index is 11.8. The van der Waals surface area contributed by atoms with E-state index in [2.05, 4.69) is 24.3 Å². The van der Waals surface area contributed by atoms with Gasteiger partial charge in [-0.2, -0.15) is 0 Å². The van der Waals surface area contributed by atoms with Crippen molar-refractivity contribution in [2.75, 3.05) is 34.2 Å². The summed E-state index contributed by atoms with van der Waals surface area (Å²) in [5, 5.41) is 3.34. The standard InChI is InChI=1S/C13H25N3O/c1-15(2)13(7-4-8-13)10-14-9-12(17)16(3)11-5-6-11/h11,14H,4-10H2,1-3H3. The van der Waals surface area contributed by atoms with Crippen LogP contribution in [0.15, 0.2) is 0 Å². The summed E-state index contributed by atoms with van der Waals surface area (Å²) in [5.74, 6) is 0.237. The summed E-state index contributed by atoms with van der Waals surface area (Å²) >= 11 is 0. The normalized spacial score (nSPS) is 22.4. The molecule has 0 unspecified atom stereocenters. The highest BCUT2D eigenvalue weighted by Gasteiger charge is 2.38. The molecule has 0 aromatic rings. The molecule has 0 aliphatic heterocycles. The van der Waals surface area contributed by atoms with E-state index in [0.717, 1.165) is 6.54 Å². The average Bonchev–Trinajstić information content (AvgIpc) is 3.03. The molecule has 98 valence electrons. The number of amides is 1. The first-order valence-electron chi connectivity index (χ1n) is 6.69. The Morgan fingerprint density at radius 1 is 1.29 bits per heavy atom. The van der Waals surface area contributed by atoms with Gasteiger partial charge in [-0.25, -0.2) is 0 Å². The van der Waals surface area contributed by atoms with Crippen molar-refractivity contribution in [3.63, 3.8) is 0 Å². The van der Waals surface area contributed by atoms with Gasteiger partial charge in [0.2, 0.25) is 5.91 Å². The van der Waals surface area contributed by atoms with Crippen LogP contribution in [-0.2, 0) is 4.79 Å². The third-order valence-corrected chi connectivity index (χ3v) is 4.45. The Labute approximate surface area is 104 Å². The lowest BCUT2D eigenvalue weighted by atomic mass is 9.75. The third-order valence-electron chi connectivity index (χ3n) is 4.45. The molecule has 2 rings (SSSR count). The van der Waals surface area contributed by atoms with E-state index in [1.807, 2.05) is 11.9 Å². The van der Waals surface area contributed by atoms with E-state index in [0.29, 0.717) is 18.1 Å². The summed E-state index contributed by atoms with van der Waals surface area (Å²) in [6.07, 6.45) is 6.18. The highest BCUT2D eigenvalue weighted by atomic mass is 16.2. The molecule has 1 N–H and O–H groups in total. The van der Waals surface area contributed by atoms with Crippen LogP contribution >= 0.6 is 0 Å². The van der Waals surface area contributed by atoms with Gasteiger partial charge in [0.15, 0.2) is 0 Å². The number of hydrogen-bond acceptors (Lipinski definition) is 3. The topological polar surface area (TPSA) is 35.6 Å². The molecule has 0 saturated heterocycles. The summed E-state index contributed by atoms with van der Waals surface area (Å²) in [6.45, 7) is 1.42. The summed E-state index contributed by atoms with van der Waals surface area (Å²) in [5.41, 5.74) is 0.304. The van der Waals surface area contributed by atoms with E-state index in [-0.39, 0.29) is 5.91 Å².